The van der Waals surface area contributed by atoms with Gasteiger partial charge in [-0.25, -0.2) is 0 Å². The number of hydrogen-bond acceptors (Lipinski definition) is 5. The summed E-state index contributed by atoms with van der Waals surface area (Å²) < 4.78 is 11.4. The van der Waals surface area contributed by atoms with Gasteiger partial charge in [0.15, 0.2) is 5.69 Å². The average Bonchev–Trinajstić information content (AvgIpc) is 2.51. The second-order valence-electron chi connectivity index (χ2n) is 5.14. The van der Waals surface area contributed by atoms with Crippen LogP contribution in [0.5, 0.6) is 17.5 Å². The number of rotatable bonds is 4. The third-order valence-corrected chi connectivity index (χ3v) is 3.11. The Hall–Kier alpha value is -2.82. The summed E-state index contributed by atoms with van der Waals surface area (Å²) in [5.74, 6) is 1.32. The Bertz CT molecular complexity index is 798. The van der Waals surface area contributed by atoms with E-state index in [9.17, 15) is 0 Å². The summed E-state index contributed by atoms with van der Waals surface area (Å²) in [5.41, 5.74) is 6.34. The number of fused-ring (bicyclic) bond motifs is 1. The van der Waals surface area contributed by atoms with Crippen LogP contribution in [0.1, 0.15) is 13.8 Å². The Balaban J connectivity index is 1.99. The Kier molecular flexibility index (Phi) is 3.78. The molecule has 3 aromatic rings. The van der Waals surface area contributed by atoms with E-state index in [2.05, 4.69) is 9.97 Å². The highest BCUT2D eigenvalue weighted by Gasteiger charge is 2.13. The van der Waals surface area contributed by atoms with Crippen LogP contribution in [-0.2, 0) is 0 Å². The van der Waals surface area contributed by atoms with Gasteiger partial charge < -0.3 is 15.2 Å². The molecule has 0 aliphatic carbocycles. The van der Waals surface area contributed by atoms with Crippen molar-refractivity contribution >= 4 is 16.5 Å². The molecule has 0 atom stereocenters. The van der Waals surface area contributed by atoms with Gasteiger partial charge >= 0.3 is 0 Å². The van der Waals surface area contributed by atoms with Gasteiger partial charge in [0, 0.05) is 5.39 Å². The lowest BCUT2D eigenvalue weighted by Crippen LogP contribution is -2.10. The highest BCUT2D eigenvalue weighted by molar-refractivity contribution is 5.88. The molecule has 5 nitrogen and oxygen atoms in total. The Morgan fingerprint density at radius 2 is 1.68 bits per heavy atom. The molecule has 0 amide bonds. The second-order valence-corrected chi connectivity index (χ2v) is 5.14. The molecule has 1 aromatic heterocycles. The largest absolute Gasteiger partial charge is 0.473 e. The number of aromatic nitrogens is 2. The predicted molar refractivity (Wildman–Crippen MR) is 86.2 cm³/mol. The first-order chi connectivity index (χ1) is 10.6. The van der Waals surface area contributed by atoms with Crippen molar-refractivity contribution in [1.82, 2.24) is 9.97 Å². The zero-order chi connectivity index (χ0) is 15.5. The van der Waals surface area contributed by atoms with E-state index in [-0.39, 0.29) is 6.10 Å². The minimum absolute atomic E-state index is 0.0254. The van der Waals surface area contributed by atoms with Crippen molar-refractivity contribution in [3.05, 3.63) is 48.8 Å². The number of nitrogens with two attached hydrogens (primary N) is 1. The fraction of sp³-hybridized carbons (Fsp3) is 0.176. The van der Waals surface area contributed by atoms with Gasteiger partial charge in [0.2, 0.25) is 11.8 Å². The van der Waals surface area contributed by atoms with Crippen LogP contribution in [0.15, 0.2) is 48.8 Å². The van der Waals surface area contributed by atoms with E-state index in [1.54, 1.807) is 0 Å². The predicted octanol–water partition coefficient (Wildman–Crippen LogP) is 3.79. The normalized spacial score (nSPS) is 10.9. The summed E-state index contributed by atoms with van der Waals surface area (Å²) in [6, 6.07) is 13.8. The van der Waals surface area contributed by atoms with Crippen LogP contribution in [0.4, 0.5) is 5.69 Å². The van der Waals surface area contributed by atoms with Gasteiger partial charge in [0.05, 0.1) is 6.10 Å². The SMILES string of the molecule is CC(C)Oc1ncnc(Oc2cccc3ccccc23)c1N. The average molecular weight is 295 g/mol. The molecule has 2 aromatic carbocycles. The number of hydrogen-bond donors (Lipinski definition) is 1. The lowest BCUT2D eigenvalue weighted by atomic mass is 10.1. The Morgan fingerprint density at radius 3 is 2.50 bits per heavy atom. The standard InChI is InChI=1S/C17H17N3O2/c1-11(2)21-16-15(18)17(20-10-19-16)22-14-9-5-7-12-6-3-4-8-13(12)14/h3-11H,18H2,1-2H3. The zero-order valence-electron chi connectivity index (χ0n) is 12.5. The molecule has 112 valence electrons. The molecule has 0 unspecified atom stereocenters. The first-order valence-corrected chi connectivity index (χ1v) is 7.08. The van der Waals surface area contributed by atoms with Crippen molar-refractivity contribution in [3.8, 4) is 17.5 Å². The van der Waals surface area contributed by atoms with Gasteiger partial charge in [-0.1, -0.05) is 36.4 Å². The number of benzene rings is 2. The maximum absolute atomic E-state index is 6.05. The quantitative estimate of drug-likeness (QED) is 0.793. The topological polar surface area (TPSA) is 70.3 Å². The molecule has 0 bridgehead atoms. The van der Waals surface area contributed by atoms with Crippen LogP contribution in [0.2, 0.25) is 0 Å². The van der Waals surface area contributed by atoms with Crippen molar-refractivity contribution in [2.24, 2.45) is 0 Å². The molecular formula is C17H17N3O2. The van der Waals surface area contributed by atoms with Crippen LogP contribution in [0.25, 0.3) is 10.8 Å². The molecule has 0 aliphatic rings. The van der Waals surface area contributed by atoms with Crippen LogP contribution in [0, 0.1) is 0 Å². The van der Waals surface area contributed by atoms with Gasteiger partial charge in [-0.2, -0.15) is 9.97 Å². The van der Waals surface area contributed by atoms with Crippen molar-refractivity contribution in [3.63, 3.8) is 0 Å². The van der Waals surface area contributed by atoms with E-state index in [4.69, 9.17) is 15.2 Å². The fourth-order valence-electron chi connectivity index (χ4n) is 2.15. The summed E-state index contributed by atoms with van der Waals surface area (Å²) in [4.78, 5) is 8.15. The molecule has 1 heterocycles. The molecule has 0 aliphatic heterocycles. The number of nitrogen functional groups attached to an aromatic ring is 1. The van der Waals surface area contributed by atoms with Gasteiger partial charge in [-0.05, 0) is 25.3 Å². The van der Waals surface area contributed by atoms with Crippen LogP contribution in [-0.4, -0.2) is 16.1 Å². The van der Waals surface area contributed by atoms with Crippen LogP contribution in [0.3, 0.4) is 0 Å². The first kappa shape index (κ1) is 14.1. The third-order valence-electron chi connectivity index (χ3n) is 3.11. The third kappa shape index (κ3) is 2.79. The van der Waals surface area contributed by atoms with Gasteiger partial charge in [-0.3, -0.25) is 0 Å². The first-order valence-electron chi connectivity index (χ1n) is 7.08. The summed E-state index contributed by atoms with van der Waals surface area (Å²) >= 11 is 0. The summed E-state index contributed by atoms with van der Waals surface area (Å²) in [5, 5.41) is 2.08. The van der Waals surface area contributed by atoms with E-state index in [1.165, 1.54) is 6.33 Å². The molecule has 0 saturated carbocycles. The maximum atomic E-state index is 6.05. The molecule has 0 radical (unpaired) electrons. The minimum atomic E-state index is -0.0254. The minimum Gasteiger partial charge on any atom is -0.473 e. The monoisotopic (exact) mass is 295 g/mol. The molecule has 0 spiro atoms. The van der Waals surface area contributed by atoms with Gasteiger partial charge in [-0.15, -0.1) is 0 Å². The highest BCUT2D eigenvalue weighted by atomic mass is 16.5. The molecule has 5 heteroatoms. The number of ether oxygens (including phenoxy) is 2. The summed E-state index contributed by atoms with van der Waals surface area (Å²) in [6.07, 6.45) is 1.36. The molecule has 2 N–H and O–H groups in total. The van der Waals surface area contributed by atoms with E-state index < -0.39 is 0 Å². The molecule has 0 saturated heterocycles. The fourth-order valence-corrected chi connectivity index (χ4v) is 2.15. The summed E-state index contributed by atoms with van der Waals surface area (Å²) in [6.45, 7) is 3.82. The van der Waals surface area contributed by atoms with Crippen molar-refractivity contribution in [2.75, 3.05) is 5.73 Å². The van der Waals surface area contributed by atoms with E-state index >= 15 is 0 Å². The lowest BCUT2D eigenvalue weighted by molar-refractivity contribution is 0.233. The second kappa shape index (κ2) is 5.89. The van der Waals surface area contributed by atoms with Crippen LogP contribution >= 0.6 is 0 Å². The zero-order valence-corrected chi connectivity index (χ0v) is 12.5. The van der Waals surface area contributed by atoms with Gasteiger partial charge in [0.1, 0.15) is 12.1 Å². The maximum Gasteiger partial charge on any atom is 0.249 e. The van der Waals surface area contributed by atoms with Gasteiger partial charge in [0.25, 0.3) is 0 Å². The van der Waals surface area contributed by atoms with Crippen molar-refractivity contribution in [2.45, 2.75) is 20.0 Å². The Morgan fingerprint density at radius 1 is 0.955 bits per heavy atom. The lowest BCUT2D eigenvalue weighted by Gasteiger charge is -2.13. The number of anilines is 1. The Labute approximate surface area is 128 Å². The molecule has 22 heavy (non-hydrogen) atoms. The van der Waals surface area contributed by atoms with E-state index in [0.29, 0.717) is 23.2 Å². The highest BCUT2D eigenvalue weighted by Crippen LogP contribution is 2.34. The van der Waals surface area contributed by atoms with E-state index in [0.717, 1.165) is 10.8 Å². The van der Waals surface area contributed by atoms with E-state index in [1.807, 2.05) is 56.3 Å². The number of nitrogens with zero attached hydrogens (tertiary/aromatic N) is 2. The van der Waals surface area contributed by atoms with Crippen molar-refractivity contribution in [1.29, 1.82) is 0 Å². The molecule has 3 rings (SSSR count). The van der Waals surface area contributed by atoms with Crippen LogP contribution < -0.4 is 15.2 Å². The smallest absolute Gasteiger partial charge is 0.249 e. The molecular weight excluding hydrogens is 278 g/mol. The molecule has 0 fully saturated rings. The van der Waals surface area contributed by atoms with Crippen molar-refractivity contribution < 1.29 is 9.47 Å². The summed E-state index contributed by atoms with van der Waals surface area (Å²) in [7, 11) is 0.